The molecule has 1 saturated heterocycles. The lowest BCUT2D eigenvalue weighted by atomic mass is 9.98. The van der Waals surface area contributed by atoms with Crippen LogP contribution in [0.4, 0.5) is 5.82 Å². The lowest BCUT2D eigenvalue weighted by Gasteiger charge is -2.33. The van der Waals surface area contributed by atoms with E-state index in [2.05, 4.69) is 30.1 Å². The number of nitriles is 1. The average molecular weight is 365 g/mol. The molecule has 27 heavy (non-hydrogen) atoms. The van der Waals surface area contributed by atoms with Gasteiger partial charge in [-0.2, -0.15) is 5.26 Å². The van der Waals surface area contributed by atoms with Crippen molar-refractivity contribution in [2.45, 2.75) is 45.4 Å². The predicted octanol–water partition coefficient (Wildman–Crippen LogP) is 3.39. The smallest absolute Gasteiger partial charge is 0.243 e. The van der Waals surface area contributed by atoms with Gasteiger partial charge in [0, 0.05) is 19.6 Å². The number of fused-ring (bicyclic) bond motifs is 1. The van der Waals surface area contributed by atoms with Crippen molar-refractivity contribution in [3.8, 4) is 6.07 Å². The number of rotatable bonds is 6. The van der Waals surface area contributed by atoms with Crippen LogP contribution in [-0.4, -0.2) is 35.5 Å². The van der Waals surface area contributed by atoms with E-state index in [9.17, 15) is 10.1 Å². The topological polar surface area (TPSA) is 81.9 Å². The Labute approximate surface area is 160 Å². The summed E-state index contributed by atoms with van der Waals surface area (Å²) in [5.74, 6) is -0.00994. The first kappa shape index (κ1) is 19.1. The van der Waals surface area contributed by atoms with E-state index < -0.39 is 5.92 Å². The summed E-state index contributed by atoms with van der Waals surface area (Å²) in [5.41, 5.74) is 1.97. The van der Waals surface area contributed by atoms with Crippen molar-refractivity contribution in [1.82, 2.24) is 15.3 Å². The number of hydrogen-bond acceptors (Lipinski definition) is 5. The van der Waals surface area contributed by atoms with Gasteiger partial charge in [0.2, 0.25) is 5.91 Å². The second-order valence-corrected chi connectivity index (χ2v) is 7.32. The lowest BCUT2D eigenvalue weighted by molar-refractivity contribution is -0.121. The van der Waals surface area contributed by atoms with E-state index in [1.807, 2.05) is 24.3 Å². The maximum Gasteiger partial charge on any atom is 0.243 e. The fourth-order valence-electron chi connectivity index (χ4n) is 3.55. The third-order valence-corrected chi connectivity index (χ3v) is 5.03. The van der Waals surface area contributed by atoms with Crippen LogP contribution in [0.5, 0.6) is 0 Å². The Bertz CT molecular complexity index is 844. The molecule has 1 fully saturated rings. The molecule has 6 heteroatoms. The number of anilines is 1. The van der Waals surface area contributed by atoms with Crippen LogP contribution in [0.15, 0.2) is 24.3 Å². The SMILES string of the molecule is CCCCNC(=O)[C@H](C#N)c1nc2ccccc2nc1N1CCC[C@@H](C)C1. The molecular formula is C21H27N5O. The molecule has 1 aliphatic rings. The number of benzene rings is 1. The summed E-state index contributed by atoms with van der Waals surface area (Å²) < 4.78 is 0. The van der Waals surface area contributed by atoms with Crippen LogP contribution in [-0.2, 0) is 4.79 Å². The summed E-state index contributed by atoms with van der Waals surface area (Å²) in [5, 5.41) is 12.6. The third-order valence-electron chi connectivity index (χ3n) is 5.03. The molecule has 6 nitrogen and oxygen atoms in total. The Kier molecular flexibility index (Phi) is 6.23. The van der Waals surface area contributed by atoms with Crippen LogP contribution in [0.2, 0.25) is 0 Å². The molecule has 0 spiro atoms. The molecule has 2 heterocycles. The van der Waals surface area contributed by atoms with Crippen LogP contribution in [0.25, 0.3) is 11.0 Å². The van der Waals surface area contributed by atoms with Gasteiger partial charge in [0.25, 0.3) is 0 Å². The molecule has 0 bridgehead atoms. The first-order valence-corrected chi connectivity index (χ1v) is 9.83. The number of unbranched alkanes of at least 4 members (excludes halogenated alkanes) is 1. The van der Waals surface area contributed by atoms with Gasteiger partial charge in [-0.1, -0.05) is 32.4 Å². The second kappa shape index (κ2) is 8.81. The molecule has 3 rings (SSSR count). The van der Waals surface area contributed by atoms with Crippen LogP contribution < -0.4 is 10.2 Å². The highest BCUT2D eigenvalue weighted by Crippen LogP contribution is 2.30. The molecule has 1 aromatic carbocycles. The van der Waals surface area contributed by atoms with Crippen LogP contribution >= 0.6 is 0 Å². The minimum absolute atomic E-state index is 0.290. The number of nitrogens with one attached hydrogen (secondary N) is 1. The van der Waals surface area contributed by atoms with Gasteiger partial charge in [0.1, 0.15) is 5.69 Å². The number of piperidine rings is 1. The molecule has 0 saturated carbocycles. The monoisotopic (exact) mass is 365 g/mol. The van der Waals surface area contributed by atoms with Gasteiger partial charge < -0.3 is 10.2 Å². The summed E-state index contributed by atoms with van der Waals surface area (Å²) in [6, 6.07) is 9.78. The Hall–Kier alpha value is -2.68. The zero-order valence-corrected chi connectivity index (χ0v) is 16.1. The lowest BCUT2D eigenvalue weighted by Crippen LogP contribution is -2.37. The van der Waals surface area contributed by atoms with Gasteiger partial charge in [-0.3, -0.25) is 4.79 Å². The van der Waals surface area contributed by atoms with Crippen molar-refractivity contribution in [1.29, 1.82) is 5.26 Å². The minimum Gasteiger partial charge on any atom is -0.355 e. The van der Waals surface area contributed by atoms with E-state index in [1.54, 1.807) is 0 Å². The van der Waals surface area contributed by atoms with Gasteiger partial charge in [0.05, 0.1) is 17.1 Å². The fraction of sp³-hybridized carbons (Fsp3) is 0.524. The summed E-state index contributed by atoms with van der Waals surface area (Å²) in [6.07, 6.45) is 4.15. The van der Waals surface area contributed by atoms with E-state index >= 15 is 0 Å². The number of nitrogens with zero attached hydrogens (tertiary/aromatic N) is 4. The molecule has 0 unspecified atom stereocenters. The number of hydrogen-bond donors (Lipinski definition) is 1. The third kappa shape index (κ3) is 4.36. The highest BCUT2D eigenvalue weighted by molar-refractivity contribution is 5.88. The molecule has 0 radical (unpaired) electrons. The highest BCUT2D eigenvalue weighted by atomic mass is 16.1. The summed E-state index contributed by atoms with van der Waals surface area (Å²) in [4.78, 5) is 24.4. The molecule has 0 aliphatic carbocycles. The average Bonchev–Trinajstić information content (AvgIpc) is 2.68. The van der Waals surface area contributed by atoms with E-state index in [0.29, 0.717) is 29.5 Å². The minimum atomic E-state index is -0.953. The van der Waals surface area contributed by atoms with Gasteiger partial charge >= 0.3 is 0 Å². The number of amides is 1. The molecule has 1 N–H and O–H groups in total. The van der Waals surface area contributed by atoms with Crippen LogP contribution in [0, 0.1) is 17.2 Å². The Morgan fingerprint density at radius 2 is 2.11 bits per heavy atom. The Morgan fingerprint density at radius 3 is 2.78 bits per heavy atom. The number of aromatic nitrogens is 2. The number of para-hydroxylation sites is 2. The number of carbonyl (C=O) groups is 1. The maximum absolute atomic E-state index is 12.7. The summed E-state index contributed by atoms with van der Waals surface area (Å²) in [6.45, 7) is 6.61. The molecule has 142 valence electrons. The quantitative estimate of drug-likeness (QED) is 0.794. The standard InChI is InChI=1S/C21H27N5O/c1-3-4-11-23-21(27)16(13-22)19-20(26-12-7-8-15(2)14-26)25-18-10-6-5-9-17(18)24-19/h5-6,9-10,15-16H,3-4,7-8,11-12,14H2,1-2H3,(H,23,27)/t15-,16-/m1/s1. The summed E-state index contributed by atoms with van der Waals surface area (Å²) in [7, 11) is 0. The summed E-state index contributed by atoms with van der Waals surface area (Å²) >= 11 is 0. The predicted molar refractivity (Wildman–Crippen MR) is 106 cm³/mol. The van der Waals surface area contributed by atoms with E-state index in [0.717, 1.165) is 37.9 Å². The molecule has 2 aromatic rings. The van der Waals surface area contributed by atoms with Crippen molar-refractivity contribution in [2.75, 3.05) is 24.5 Å². The largest absolute Gasteiger partial charge is 0.355 e. The molecule has 1 amide bonds. The van der Waals surface area contributed by atoms with Crippen molar-refractivity contribution in [2.24, 2.45) is 5.92 Å². The maximum atomic E-state index is 12.7. The Balaban J connectivity index is 2.01. The number of carbonyl (C=O) groups excluding carboxylic acids is 1. The molecular weight excluding hydrogens is 338 g/mol. The van der Waals surface area contributed by atoms with Crippen LogP contribution in [0.3, 0.4) is 0 Å². The Morgan fingerprint density at radius 1 is 1.37 bits per heavy atom. The van der Waals surface area contributed by atoms with Crippen molar-refractivity contribution in [3.63, 3.8) is 0 Å². The van der Waals surface area contributed by atoms with Gasteiger partial charge in [0.15, 0.2) is 11.7 Å². The highest BCUT2D eigenvalue weighted by Gasteiger charge is 2.30. The first-order valence-electron chi connectivity index (χ1n) is 9.83. The van der Waals surface area contributed by atoms with E-state index in [1.165, 1.54) is 6.42 Å². The van der Waals surface area contributed by atoms with Crippen molar-refractivity contribution in [3.05, 3.63) is 30.0 Å². The van der Waals surface area contributed by atoms with Crippen LogP contribution in [0.1, 0.15) is 51.1 Å². The molecule has 1 aromatic heterocycles. The van der Waals surface area contributed by atoms with Crippen molar-refractivity contribution < 1.29 is 4.79 Å². The van der Waals surface area contributed by atoms with E-state index in [-0.39, 0.29) is 5.91 Å². The fourth-order valence-corrected chi connectivity index (χ4v) is 3.55. The normalized spacial score (nSPS) is 18.1. The van der Waals surface area contributed by atoms with Gasteiger partial charge in [-0.15, -0.1) is 0 Å². The first-order chi connectivity index (χ1) is 13.1. The van der Waals surface area contributed by atoms with Gasteiger partial charge in [-0.25, -0.2) is 9.97 Å². The molecule has 2 atom stereocenters. The van der Waals surface area contributed by atoms with Crippen molar-refractivity contribution >= 4 is 22.8 Å². The second-order valence-electron chi connectivity index (χ2n) is 7.32. The van der Waals surface area contributed by atoms with Gasteiger partial charge in [-0.05, 0) is 37.3 Å². The zero-order chi connectivity index (χ0) is 19.2. The zero-order valence-electron chi connectivity index (χ0n) is 16.1. The molecule has 1 aliphatic heterocycles. The van der Waals surface area contributed by atoms with E-state index in [4.69, 9.17) is 9.97 Å².